The number of rotatable bonds is 2. The first-order valence-corrected chi connectivity index (χ1v) is 14.9. The number of aryl methyl sites for hydroxylation is 2. The second kappa shape index (κ2) is 7.96. The summed E-state index contributed by atoms with van der Waals surface area (Å²) in [6, 6.07) is 9.63. The number of benzene rings is 1. The highest BCUT2D eigenvalue weighted by atomic mass is 28.3. The lowest BCUT2D eigenvalue weighted by Crippen LogP contribution is -2.30. The molecule has 0 aliphatic heterocycles. The number of hydrogen-bond acceptors (Lipinski definition) is 5. The minimum atomic E-state index is -1.46. The standard InChI is InChI=1S/C26H28N6OSi/c1-31(23-11-10-21-18(23)8-7-17(29-21)12-13-34(3,4)5)26(33)16-6-9-22-19(14-16)24-20(25(27)30-22)15-28-32(24)2/h6-9,14-15,23H,10-11H2,1-5H3,(H2,27,30). The Morgan fingerprint density at radius 3 is 2.74 bits per heavy atom. The molecule has 0 saturated heterocycles. The summed E-state index contributed by atoms with van der Waals surface area (Å²) in [6.07, 6.45) is 3.41. The minimum absolute atomic E-state index is 0.00837. The van der Waals surface area contributed by atoms with Crippen LogP contribution in [0.5, 0.6) is 0 Å². The van der Waals surface area contributed by atoms with Gasteiger partial charge in [-0.25, -0.2) is 9.97 Å². The molecule has 3 aromatic heterocycles. The molecule has 0 spiro atoms. The van der Waals surface area contributed by atoms with Gasteiger partial charge in [-0.1, -0.05) is 31.6 Å². The molecule has 4 aromatic rings. The molecule has 5 rings (SSSR count). The molecular formula is C26H28N6OSi. The van der Waals surface area contributed by atoms with Crippen LogP contribution >= 0.6 is 0 Å². The highest BCUT2D eigenvalue weighted by molar-refractivity contribution is 6.83. The number of pyridine rings is 2. The number of anilines is 1. The number of fused-ring (bicyclic) bond motifs is 4. The van der Waals surface area contributed by atoms with Crippen LogP contribution in [0.25, 0.3) is 21.8 Å². The largest absolute Gasteiger partial charge is 0.383 e. The molecule has 1 unspecified atom stereocenters. The first kappa shape index (κ1) is 22.1. The monoisotopic (exact) mass is 468 g/mol. The number of carbonyl (C=O) groups excluding carboxylic acids is 1. The molecule has 1 aliphatic rings. The van der Waals surface area contributed by atoms with E-state index in [1.807, 2.05) is 43.3 Å². The first-order valence-electron chi connectivity index (χ1n) is 11.4. The Labute approximate surface area is 200 Å². The molecule has 2 N–H and O–H groups in total. The van der Waals surface area contributed by atoms with Crippen molar-refractivity contribution in [2.45, 2.75) is 38.5 Å². The molecule has 7 nitrogen and oxygen atoms in total. The van der Waals surface area contributed by atoms with Gasteiger partial charge in [0.1, 0.15) is 19.6 Å². The van der Waals surface area contributed by atoms with Crippen LogP contribution in [0.15, 0.2) is 36.5 Å². The van der Waals surface area contributed by atoms with Crippen LogP contribution in [0.2, 0.25) is 19.6 Å². The Bertz CT molecular complexity index is 1520. The summed E-state index contributed by atoms with van der Waals surface area (Å²) in [7, 11) is 2.28. The van der Waals surface area contributed by atoms with Crippen molar-refractivity contribution in [3.63, 3.8) is 0 Å². The quantitative estimate of drug-likeness (QED) is 0.354. The fourth-order valence-electron chi connectivity index (χ4n) is 4.60. The molecule has 172 valence electrons. The van der Waals surface area contributed by atoms with Gasteiger partial charge < -0.3 is 10.6 Å². The minimum Gasteiger partial charge on any atom is -0.383 e. The molecule has 0 radical (unpaired) electrons. The Morgan fingerprint density at radius 2 is 1.97 bits per heavy atom. The number of nitrogens with zero attached hydrogens (tertiary/aromatic N) is 5. The van der Waals surface area contributed by atoms with Crippen molar-refractivity contribution < 1.29 is 4.79 Å². The van der Waals surface area contributed by atoms with Crippen molar-refractivity contribution in [3.05, 3.63) is 59.0 Å². The second-order valence-electron chi connectivity index (χ2n) is 9.96. The van der Waals surface area contributed by atoms with Gasteiger partial charge in [0.25, 0.3) is 5.91 Å². The summed E-state index contributed by atoms with van der Waals surface area (Å²) < 4.78 is 1.77. The number of nitrogens with two attached hydrogens (primary N) is 1. The van der Waals surface area contributed by atoms with Crippen molar-refractivity contribution in [1.82, 2.24) is 24.6 Å². The van der Waals surface area contributed by atoms with E-state index in [1.54, 1.807) is 10.9 Å². The predicted molar refractivity (Wildman–Crippen MR) is 138 cm³/mol. The maximum absolute atomic E-state index is 13.5. The van der Waals surface area contributed by atoms with E-state index in [1.165, 1.54) is 0 Å². The van der Waals surface area contributed by atoms with Gasteiger partial charge in [0, 0.05) is 30.7 Å². The van der Waals surface area contributed by atoms with Crippen molar-refractivity contribution in [1.29, 1.82) is 0 Å². The first-order chi connectivity index (χ1) is 16.1. The van der Waals surface area contributed by atoms with Gasteiger partial charge in [-0.2, -0.15) is 5.10 Å². The Hall–Kier alpha value is -3.70. The third kappa shape index (κ3) is 3.82. The topological polar surface area (TPSA) is 89.9 Å². The normalized spacial score (nSPS) is 15.3. The zero-order valence-electron chi connectivity index (χ0n) is 20.2. The highest BCUT2D eigenvalue weighted by Crippen LogP contribution is 2.35. The van der Waals surface area contributed by atoms with Crippen LogP contribution in [0, 0.1) is 11.5 Å². The lowest BCUT2D eigenvalue weighted by Gasteiger charge is -2.25. The summed E-state index contributed by atoms with van der Waals surface area (Å²) in [5.74, 6) is 3.65. The smallest absolute Gasteiger partial charge is 0.254 e. The van der Waals surface area contributed by atoms with Gasteiger partial charge in [0.2, 0.25) is 0 Å². The van der Waals surface area contributed by atoms with E-state index < -0.39 is 8.07 Å². The van der Waals surface area contributed by atoms with E-state index in [0.717, 1.165) is 51.6 Å². The summed E-state index contributed by atoms with van der Waals surface area (Å²) in [4.78, 5) is 24.6. The SMILES string of the molecule is CN(C(=O)c1ccc2nc(N)c3cnn(C)c3c2c1)C1CCc2nc(C#C[Si](C)(C)C)ccc21. The van der Waals surface area contributed by atoms with Crippen molar-refractivity contribution in [2.75, 3.05) is 12.8 Å². The number of amides is 1. The van der Waals surface area contributed by atoms with Gasteiger partial charge in [-0.05, 0) is 42.7 Å². The van der Waals surface area contributed by atoms with Crippen LogP contribution in [0.4, 0.5) is 5.82 Å². The van der Waals surface area contributed by atoms with Crippen LogP contribution in [0.3, 0.4) is 0 Å². The van der Waals surface area contributed by atoms with Gasteiger partial charge >= 0.3 is 0 Å². The van der Waals surface area contributed by atoms with E-state index >= 15 is 0 Å². The van der Waals surface area contributed by atoms with Crippen molar-refractivity contribution in [2.24, 2.45) is 7.05 Å². The molecule has 0 bridgehead atoms. The van der Waals surface area contributed by atoms with E-state index in [0.29, 0.717) is 11.4 Å². The molecule has 0 saturated carbocycles. The van der Waals surface area contributed by atoms with E-state index in [-0.39, 0.29) is 11.9 Å². The molecule has 0 fully saturated rings. The molecule has 1 aromatic carbocycles. The molecule has 3 heterocycles. The van der Waals surface area contributed by atoms with Gasteiger partial charge in [-0.3, -0.25) is 9.48 Å². The van der Waals surface area contributed by atoms with Crippen LogP contribution in [0.1, 0.15) is 39.8 Å². The molecule has 1 amide bonds. The zero-order chi connectivity index (χ0) is 24.2. The zero-order valence-corrected chi connectivity index (χ0v) is 21.2. The predicted octanol–water partition coefficient (Wildman–Crippen LogP) is 4.09. The Morgan fingerprint density at radius 1 is 1.18 bits per heavy atom. The summed E-state index contributed by atoms with van der Waals surface area (Å²) in [6.45, 7) is 6.67. The lowest BCUT2D eigenvalue weighted by atomic mass is 10.1. The number of hydrogen-bond donors (Lipinski definition) is 1. The maximum Gasteiger partial charge on any atom is 0.254 e. The molecular weight excluding hydrogens is 440 g/mol. The maximum atomic E-state index is 13.5. The fourth-order valence-corrected chi connectivity index (χ4v) is 5.11. The molecule has 1 atom stereocenters. The Balaban J connectivity index is 1.46. The summed E-state index contributed by atoms with van der Waals surface area (Å²) in [5, 5.41) is 5.98. The Kier molecular flexibility index (Phi) is 5.17. The number of aromatic nitrogens is 4. The number of carbonyl (C=O) groups is 1. The van der Waals surface area contributed by atoms with E-state index in [4.69, 9.17) is 10.7 Å². The average molecular weight is 469 g/mol. The van der Waals surface area contributed by atoms with Gasteiger partial charge in [-0.15, -0.1) is 5.54 Å². The third-order valence-electron chi connectivity index (χ3n) is 6.33. The molecule has 34 heavy (non-hydrogen) atoms. The second-order valence-corrected chi connectivity index (χ2v) is 14.7. The molecule has 8 heteroatoms. The number of nitrogen functional groups attached to an aromatic ring is 1. The highest BCUT2D eigenvalue weighted by Gasteiger charge is 2.30. The molecule has 1 aliphatic carbocycles. The van der Waals surface area contributed by atoms with Crippen molar-refractivity contribution in [3.8, 4) is 11.5 Å². The fraction of sp³-hybridized carbons (Fsp3) is 0.308. The summed E-state index contributed by atoms with van der Waals surface area (Å²) in [5.41, 5.74) is 14.7. The average Bonchev–Trinajstić information content (AvgIpc) is 3.40. The van der Waals surface area contributed by atoms with E-state index in [2.05, 4.69) is 47.3 Å². The van der Waals surface area contributed by atoms with Crippen LogP contribution in [-0.4, -0.2) is 45.7 Å². The third-order valence-corrected chi connectivity index (χ3v) is 7.21. The lowest BCUT2D eigenvalue weighted by molar-refractivity contribution is 0.0731. The van der Waals surface area contributed by atoms with Gasteiger partial charge in [0.15, 0.2) is 0 Å². The van der Waals surface area contributed by atoms with Crippen molar-refractivity contribution >= 4 is 41.6 Å². The van der Waals surface area contributed by atoms with Crippen LogP contribution in [-0.2, 0) is 13.5 Å². The summed E-state index contributed by atoms with van der Waals surface area (Å²) >= 11 is 0. The van der Waals surface area contributed by atoms with Gasteiger partial charge in [0.05, 0.1) is 28.7 Å². The van der Waals surface area contributed by atoms with Crippen LogP contribution < -0.4 is 5.73 Å². The van der Waals surface area contributed by atoms with E-state index in [9.17, 15) is 4.79 Å².